The Balaban J connectivity index is 1.89. The van der Waals surface area contributed by atoms with E-state index >= 15 is 0 Å². The maximum atomic E-state index is 12.0. The third-order valence-corrected chi connectivity index (χ3v) is 3.97. The minimum atomic E-state index is -0.600. The summed E-state index contributed by atoms with van der Waals surface area (Å²) in [6, 6.07) is 9.24. The summed E-state index contributed by atoms with van der Waals surface area (Å²) in [6.45, 7) is 2.19. The zero-order valence-electron chi connectivity index (χ0n) is 11.8. The van der Waals surface area contributed by atoms with Crippen LogP contribution in [0.4, 0.5) is 0 Å². The lowest BCUT2D eigenvalue weighted by Crippen LogP contribution is -2.34. The van der Waals surface area contributed by atoms with Gasteiger partial charge in [0.1, 0.15) is 10.7 Å². The molecule has 0 aliphatic heterocycles. The number of carbonyl (C=O) groups excluding carboxylic acids is 1. The molecule has 6 heteroatoms. The number of aliphatic hydroxyl groups excluding tert-OH is 1. The molecule has 5 nitrogen and oxygen atoms in total. The highest BCUT2D eigenvalue weighted by atomic mass is 32.1. The van der Waals surface area contributed by atoms with Crippen molar-refractivity contribution in [3.8, 4) is 0 Å². The van der Waals surface area contributed by atoms with Crippen molar-refractivity contribution in [2.75, 3.05) is 0 Å². The van der Waals surface area contributed by atoms with Crippen LogP contribution in [0.25, 0.3) is 0 Å². The summed E-state index contributed by atoms with van der Waals surface area (Å²) in [7, 11) is 0. The molecule has 1 amide bonds. The van der Waals surface area contributed by atoms with Crippen molar-refractivity contribution in [3.05, 3.63) is 52.0 Å². The lowest BCUT2D eigenvalue weighted by molar-refractivity contribution is 0.0912. The molecule has 0 saturated heterocycles. The monoisotopic (exact) mass is 305 g/mol. The number of carbonyl (C=O) groups is 1. The molecule has 0 saturated carbocycles. The van der Waals surface area contributed by atoms with E-state index in [-0.39, 0.29) is 11.9 Å². The van der Waals surface area contributed by atoms with Crippen molar-refractivity contribution in [1.82, 2.24) is 10.3 Å². The summed E-state index contributed by atoms with van der Waals surface area (Å²) in [5.74, 6) is -0.237. The lowest BCUT2D eigenvalue weighted by atomic mass is 10.0. The molecule has 1 aromatic carbocycles. The van der Waals surface area contributed by atoms with Crippen molar-refractivity contribution in [2.24, 2.45) is 5.73 Å². The number of aromatic nitrogens is 1. The highest BCUT2D eigenvalue weighted by Crippen LogP contribution is 2.18. The van der Waals surface area contributed by atoms with Crippen molar-refractivity contribution in [1.29, 1.82) is 0 Å². The molecule has 0 aliphatic rings. The smallest absolute Gasteiger partial charge is 0.270 e. The molecule has 2 unspecified atom stereocenters. The van der Waals surface area contributed by atoms with E-state index in [0.29, 0.717) is 18.7 Å². The van der Waals surface area contributed by atoms with Crippen LogP contribution in [0.1, 0.15) is 40.5 Å². The van der Waals surface area contributed by atoms with E-state index < -0.39 is 6.10 Å². The fourth-order valence-electron chi connectivity index (χ4n) is 2.01. The van der Waals surface area contributed by atoms with E-state index in [2.05, 4.69) is 10.3 Å². The fourth-order valence-corrected chi connectivity index (χ4v) is 2.67. The molecule has 2 aromatic rings. The van der Waals surface area contributed by atoms with Crippen LogP contribution >= 0.6 is 11.3 Å². The Morgan fingerprint density at radius 1 is 1.43 bits per heavy atom. The summed E-state index contributed by atoms with van der Waals surface area (Å²) in [5, 5.41) is 15.4. The Morgan fingerprint density at radius 3 is 2.76 bits per heavy atom. The van der Waals surface area contributed by atoms with Gasteiger partial charge in [-0.1, -0.05) is 30.3 Å². The van der Waals surface area contributed by atoms with E-state index in [4.69, 9.17) is 5.73 Å². The van der Waals surface area contributed by atoms with Gasteiger partial charge in [0.15, 0.2) is 0 Å². The van der Waals surface area contributed by atoms with Crippen molar-refractivity contribution >= 4 is 17.2 Å². The van der Waals surface area contributed by atoms with Crippen LogP contribution in [0.2, 0.25) is 0 Å². The second-order valence-electron chi connectivity index (χ2n) is 4.87. The van der Waals surface area contributed by atoms with Crippen molar-refractivity contribution < 1.29 is 9.90 Å². The van der Waals surface area contributed by atoms with E-state index in [1.54, 1.807) is 5.38 Å². The van der Waals surface area contributed by atoms with Gasteiger partial charge in [-0.25, -0.2) is 4.98 Å². The molecule has 4 N–H and O–H groups in total. The fraction of sp³-hybridized carbons (Fsp3) is 0.333. The van der Waals surface area contributed by atoms with E-state index in [0.717, 1.165) is 10.6 Å². The first kappa shape index (κ1) is 15.6. The van der Waals surface area contributed by atoms with E-state index in [9.17, 15) is 9.90 Å². The number of nitrogens with zero attached hydrogens (tertiary/aromatic N) is 1. The van der Waals surface area contributed by atoms with Gasteiger partial charge in [-0.3, -0.25) is 4.79 Å². The largest absolute Gasteiger partial charge is 0.388 e. The van der Waals surface area contributed by atoms with Crippen LogP contribution in [0.3, 0.4) is 0 Å². The van der Waals surface area contributed by atoms with Gasteiger partial charge in [0.25, 0.3) is 5.91 Å². The molecule has 1 heterocycles. The minimum Gasteiger partial charge on any atom is -0.388 e. The Morgan fingerprint density at radius 2 is 2.14 bits per heavy atom. The van der Waals surface area contributed by atoms with Crippen molar-refractivity contribution in [2.45, 2.75) is 32.0 Å². The Kier molecular flexibility index (Phi) is 5.44. The first-order valence-corrected chi connectivity index (χ1v) is 7.66. The van der Waals surface area contributed by atoms with Gasteiger partial charge in [-0.2, -0.15) is 0 Å². The molecular weight excluding hydrogens is 286 g/mol. The summed E-state index contributed by atoms with van der Waals surface area (Å²) >= 11 is 1.37. The summed E-state index contributed by atoms with van der Waals surface area (Å²) in [5.41, 5.74) is 6.70. The Labute approximate surface area is 127 Å². The highest BCUT2D eigenvalue weighted by Gasteiger charge is 2.16. The molecular formula is C15H19N3O2S. The highest BCUT2D eigenvalue weighted by molar-refractivity contribution is 7.09. The SMILES string of the molecule is CC(CC(O)c1ccccc1)NC(=O)c1csc(CN)n1. The molecule has 2 atom stereocenters. The van der Waals surface area contributed by atoms with Gasteiger partial charge in [0.05, 0.1) is 6.10 Å². The Hall–Kier alpha value is -1.76. The zero-order chi connectivity index (χ0) is 15.2. The van der Waals surface area contributed by atoms with Gasteiger partial charge in [0.2, 0.25) is 0 Å². The molecule has 0 bridgehead atoms. The topological polar surface area (TPSA) is 88.2 Å². The number of thiazole rings is 1. The second-order valence-corrected chi connectivity index (χ2v) is 5.81. The van der Waals surface area contributed by atoms with Crippen LogP contribution in [-0.4, -0.2) is 22.0 Å². The lowest BCUT2D eigenvalue weighted by Gasteiger charge is -2.17. The third-order valence-electron chi connectivity index (χ3n) is 3.10. The van der Waals surface area contributed by atoms with Gasteiger partial charge >= 0.3 is 0 Å². The quantitative estimate of drug-likeness (QED) is 0.760. The first-order chi connectivity index (χ1) is 10.1. The molecule has 0 spiro atoms. The third kappa shape index (κ3) is 4.35. The normalized spacial score (nSPS) is 13.7. The molecule has 21 heavy (non-hydrogen) atoms. The standard InChI is InChI=1S/C15H19N3O2S/c1-10(7-13(19)11-5-3-2-4-6-11)17-15(20)12-9-21-14(8-16)18-12/h2-6,9-10,13,19H,7-8,16H2,1H3,(H,17,20). The van der Waals surface area contributed by atoms with Crippen LogP contribution in [0.15, 0.2) is 35.7 Å². The molecule has 1 aromatic heterocycles. The number of hydrogen-bond acceptors (Lipinski definition) is 5. The zero-order valence-corrected chi connectivity index (χ0v) is 12.6. The predicted octanol–water partition coefficient (Wildman–Crippen LogP) is 1.84. The number of benzene rings is 1. The van der Waals surface area contributed by atoms with E-state index in [1.165, 1.54) is 11.3 Å². The van der Waals surface area contributed by atoms with Crippen LogP contribution in [0, 0.1) is 0 Å². The predicted molar refractivity (Wildman–Crippen MR) is 83.0 cm³/mol. The summed E-state index contributed by atoms with van der Waals surface area (Å²) in [6.07, 6.45) is -0.152. The van der Waals surface area contributed by atoms with Crippen molar-refractivity contribution in [3.63, 3.8) is 0 Å². The van der Waals surface area contributed by atoms with Crippen LogP contribution < -0.4 is 11.1 Å². The molecule has 2 rings (SSSR count). The number of nitrogens with two attached hydrogens (primary N) is 1. The summed E-state index contributed by atoms with van der Waals surface area (Å²) in [4.78, 5) is 16.2. The van der Waals surface area contributed by atoms with Gasteiger partial charge in [-0.05, 0) is 18.9 Å². The number of hydrogen-bond donors (Lipinski definition) is 3. The van der Waals surface area contributed by atoms with Crippen LogP contribution in [-0.2, 0) is 6.54 Å². The first-order valence-electron chi connectivity index (χ1n) is 6.78. The average molecular weight is 305 g/mol. The Bertz CT molecular complexity index is 586. The van der Waals surface area contributed by atoms with Crippen LogP contribution in [0.5, 0.6) is 0 Å². The maximum absolute atomic E-state index is 12.0. The number of amides is 1. The number of rotatable bonds is 6. The second kappa shape index (κ2) is 7.31. The molecule has 0 aliphatic carbocycles. The summed E-state index contributed by atoms with van der Waals surface area (Å²) < 4.78 is 0. The molecule has 0 fully saturated rings. The van der Waals surface area contributed by atoms with E-state index in [1.807, 2.05) is 37.3 Å². The minimum absolute atomic E-state index is 0.157. The molecule has 112 valence electrons. The van der Waals surface area contributed by atoms with Gasteiger partial charge < -0.3 is 16.2 Å². The maximum Gasteiger partial charge on any atom is 0.270 e. The average Bonchev–Trinajstić information content (AvgIpc) is 2.97. The molecule has 0 radical (unpaired) electrons. The number of aliphatic hydroxyl groups is 1. The number of nitrogens with one attached hydrogen (secondary N) is 1. The van der Waals surface area contributed by atoms with Gasteiger partial charge in [0, 0.05) is 18.0 Å². The van der Waals surface area contributed by atoms with Gasteiger partial charge in [-0.15, -0.1) is 11.3 Å².